The number of benzene rings is 1. The lowest BCUT2D eigenvalue weighted by Crippen LogP contribution is -2.34. The molecule has 4 rings (SSSR count). The Balaban J connectivity index is 1.68. The molecule has 2 aliphatic rings. The number of rotatable bonds is 5. The molecular formula is C23H30N4O2. The Hall–Kier alpha value is -2.63. The fraction of sp³-hybridized carbons (Fsp3) is 0.522. The lowest BCUT2D eigenvalue weighted by atomic mass is 10.0. The zero-order valence-electron chi connectivity index (χ0n) is 17.6. The second-order valence-electron chi connectivity index (χ2n) is 7.91. The van der Waals surface area contributed by atoms with Crippen LogP contribution in [-0.4, -0.2) is 41.0 Å². The van der Waals surface area contributed by atoms with E-state index >= 15 is 0 Å². The van der Waals surface area contributed by atoms with Crippen LogP contribution >= 0.6 is 0 Å². The maximum atomic E-state index is 12.4. The summed E-state index contributed by atoms with van der Waals surface area (Å²) < 4.78 is 5.55. The Morgan fingerprint density at radius 1 is 1.21 bits per heavy atom. The van der Waals surface area contributed by atoms with Crippen LogP contribution in [0.25, 0.3) is 0 Å². The zero-order valence-corrected chi connectivity index (χ0v) is 17.6. The third-order valence-corrected chi connectivity index (χ3v) is 6.09. The van der Waals surface area contributed by atoms with Crippen molar-refractivity contribution in [1.82, 2.24) is 14.9 Å². The molecule has 1 aromatic carbocycles. The molecule has 0 unspecified atom stereocenters. The number of aryl methyl sites for hydroxylation is 1. The summed E-state index contributed by atoms with van der Waals surface area (Å²) in [7, 11) is 1.72. The van der Waals surface area contributed by atoms with Gasteiger partial charge >= 0.3 is 0 Å². The molecule has 3 heterocycles. The molecule has 0 bridgehead atoms. The van der Waals surface area contributed by atoms with Crippen LogP contribution in [0.5, 0.6) is 5.75 Å². The van der Waals surface area contributed by atoms with E-state index in [1.165, 1.54) is 5.56 Å². The van der Waals surface area contributed by atoms with Gasteiger partial charge in [-0.3, -0.25) is 4.79 Å². The van der Waals surface area contributed by atoms with Crippen LogP contribution < -0.4 is 9.64 Å². The van der Waals surface area contributed by atoms with Crippen LogP contribution in [0.3, 0.4) is 0 Å². The van der Waals surface area contributed by atoms with E-state index in [2.05, 4.69) is 17.9 Å². The predicted molar refractivity (Wildman–Crippen MR) is 113 cm³/mol. The molecule has 1 saturated heterocycles. The smallest absolute Gasteiger partial charge is 0.222 e. The Kier molecular flexibility index (Phi) is 5.69. The Morgan fingerprint density at radius 2 is 2.03 bits per heavy atom. The first-order chi connectivity index (χ1) is 14.1. The molecule has 2 aliphatic heterocycles. The van der Waals surface area contributed by atoms with Crippen LogP contribution in [0.4, 0.5) is 5.82 Å². The Morgan fingerprint density at radius 3 is 2.83 bits per heavy atom. The van der Waals surface area contributed by atoms with Gasteiger partial charge in [0.25, 0.3) is 0 Å². The summed E-state index contributed by atoms with van der Waals surface area (Å²) >= 11 is 0. The summed E-state index contributed by atoms with van der Waals surface area (Å²) in [4.78, 5) is 26.6. The minimum atomic E-state index is 0.00138. The van der Waals surface area contributed by atoms with Crippen molar-refractivity contribution in [2.75, 3.05) is 25.1 Å². The number of ether oxygens (including phenoxy) is 1. The number of fused-ring (bicyclic) bond motifs is 1. The quantitative estimate of drug-likeness (QED) is 0.772. The second kappa shape index (κ2) is 8.39. The van der Waals surface area contributed by atoms with Crippen molar-refractivity contribution < 1.29 is 9.53 Å². The molecule has 0 aliphatic carbocycles. The molecule has 1 fully saturated rings. The van der Waals surface area contributed by atoms with E-state index in [1.807, 2.05) is 30.0 Å². The molecule has 6 heteroatoms. The van der Waals surface area contributed by atoms with Crippen molar-refractivity contribution in [2.24, 2.45) is 0 Å². The number of aromatic nitrogens is 2. The second-order valence-corrected chi connectivity index (χ2v) is 7.91. The highest BCUT2D eigenvalue weighted by Gasteiger charge is 2.33. The van der Waals surface area contributed by atoms with E-state index in [0.29, 0.717) is 6.42 Å². The van der Waals surface area contributed by atoms with E-state index in [1.54, 1.807) is 7.11 Å². The van der Waals surface area contributed by atoms with Crippen LogP contribution in [-0.2, 0) is 17.8 Å². The van der Waals surface area contributed by atoms with Gasteiger partial charge in [-0.05, 0) is 38.7 Å². The highest BCUT2D eigenvalue weighted by atomic mass is 16.5. The van der Waals surface area contributed by atoms with Crippen molar-refractivity contribution >= 4 is 11.7 Å². The van der Waals surface area contributed by atoms with E-state index in [0.717, 1.165) is 74.0 Å². The van der Waals surface area contributed by atoms with E-state index < -0.39 is 0 Å². The van der Waals surface area contributed by atoms with Gasteiger partial charge in [0.15, 0.2) is 5.82 Å². The first kappa shape index (κ1) is 19.7. The fourth-order valence-corrected chi connectivity index (χ4v) is 4.59. The SMILES string of the molecule is CCC(=O)N1CCC[C@@H]1c1nc(C)c2c(n1)N(Cc1ccccc1OC)CCC2. The number of para-hydroxylation sites is 1. The monoisotopic (exact) mass is 394 g/mol. The van der Waals surface area contributed by atoms with Crippen molar-refractivity contribution in [2.45, 2.75) is 58.5 Å². The summed E-state index contributed by atoms with van der Waals surface area (Å²) in [5.74, 6) is 2.92. The van der Waals surface area contributed by atoms with Crippen molar-refractivity contribution in [3.8, 4) is 5.75 Å². The minimum absolute atomic E-state index is 0.00138. The molecule has 29 heavy (non-hydrogen) atoms. The van der Waals surface area contributed by atoms with Crippen molar-refractivity contribution in [1.29, 1.82) is 0 Å². The van der Waals surface area contributed by atoms with E-state index in [9.17, 15) is 4.79 Å². The third-order valence-electron chi connectivity index (χ3n) is 6.09. The van der Waals surface area contributed by atoms with Gasteiger partial charge in [0, 0.05) is 42.9 Å². The molecule has 1 amide bonds. The standard InChI is InChI=1S/C23H30N4O2/c1-4-21(28)27-14-8-11-19(27)22-24-16(2)18-10-7-13-26(23(18)25-22)15-17-9-5-6-12-20(17)29-3/h5-6,9,12,19H,4,7-8,10-11,13-15H2,1-3H3/t19-/m1/s1. The van der Waals surface area contributed by atoms with Gasteiger partial charge in [-0.25, -0.2) is 9.97 Å². The zero-order chi connectivity index (χ0) is 20.4. The molecule has 2 aromatic rings. The number of likely N-dealkylation sites (tertiary alicyclic amines) is 1. The average Bonchev–Trinajstić information content (AvgIpc) is 3.24. The number of carbonyl (C=O) groups excluding carboxylic acids is 1. The fourth-order valence-electron chi connectivity index (χ4n) is 4.59. The number of hydrogen-bond donors (Lipinski definition) is 0. The maximum Gasteiger partial charge on any atom is 0.222 e. The first-order valence-corrected chi connectivity index (χ1v) is 10.7. The molecule has 154 valence electrons. The van der Waals surface area contributed by atoms with Gasteiger partial charge in [-0.1, -0.05) is 25.1 Å². The Labute approximate surface area is 172 Å². The molecular weight excluding hydrogens is 364 g/mol. The summed E-state index contributed by atoms with van der Waals surface area (Å²) in [5, 5.41) is 0. The predicted octanol–water partition coefficient (Wildman–Crippen LogP) is 3.82. The van der Waals surface area contributed by atoms with E-state index in [4.69, 9.17) is 14.7 Å². The molecule has 0 saturated carbocycles. The summed E-state index contributed by atoms with van der Waals surface area (Å²) in [5.41, 5.74) is 3.44. The highest BCUT2D eigenvalue weighted by Crippen LogP contribution is 2.35. The van der Waals surface area contributed by atoms with Crippen LogP contribution in [0, 0.1) is 6.92 Å². The van der Waals surface area contributed by atoms with Crippen molar-refractivity contribution in [3.05, 3.63) is 46.9 Å². The highest BCUT2D eigenvalue weighted by molar-refractivity contribution is 5.76. The minimum Gasteiger partial charge on any atom is -0.496 e. The summed E-state index contributed by atoms with van der Waals surface area (Å²) in [6.45, 7) is 6.53. The third kappa shape index (κ3) is 3.80. The molecule has 6 nitrogen and oxygen atoms in total. The molecule has 0 radical (unpaired) electrons. The van der Waals surface area contributed by atoms with Gasteiger partial charge < -0.3 is 14.5 Å². The van der Waals surface area contributed by atoms with Gasteiger partial charge in [-0.15, -0.1) is 0 Å². The van der Waals surface area contributed by atoms with Crippen molar-refractivity contribution in [3.63, 3.8) is 0 Å². The lowest BCUT2D eigenvalue weighted by Gasteiger charge is -2.32. The lowest BCUT2D eigenvalue weighted by molar-refractivity contribution is -0.131. The molecule has 0 N–H and O–H groups in total. The summed E-state index contributed by atoms with van der Waals surface area (Å²) in [6, 6.07) is 8.16. The topological polar surface area (TPSA) is 58.6 Å². The van der Waals surface area contributed by atoms with Crippen LogP contribution in [0.15, 0.2) is 24.3 Å². The number of amides is 1. The van der Waals surface area contributed by atoms with Gasteiger partial charge in [0.1, 0.15) is 11.6 Å². The number of nitrogens with zero attached hydrogens (tertiary/aromatic N) is 4. The molecule has 1 atom stereocenters. The average molecular weight is 395 g/mol. The molecule has 1 aromatic heterocycles. The number of anilines is 1. The Bertz CT molecular complexity index is 898. The summed E-state index contributed by atoms with van der Waals surface area (Å²) in [6.07, 6.45) is 4.58. The first-order valence-electron chi connectivity index (χ1n) is 10.7. The number of methoxy groups -OCH3 is 1. The largest absolute Gasteiger partial charge is 0.496 e. The number of carbonyl (C=O) groups is 1. The number of hydrogen-bond acceptors (Lipinski definition) is 5. The van der Waals surface area contributed by atoms with Gasteiger partial charge in [-0.2, -0.15) is 0 Å². The van der Waals surface area contributed by atoms with Crippen LogP contribution in [0.1, 0.15) is 61.3 Å². The van der Waals surface area contributed by atoms with Gasteiger partial charge in [0.05, 0.1) is 13.2 Å². The normalized spacial score (nSPS) is 18.7. The van der Waals surface area contributed by atoms with E-state index in [-0.39, 0.29) is 11.9 Å². The van der Waals surface area contributed by atoms with Crippen LogP contribution in [0.2, 0.25) is 0 Å². The van der Waals surface area contributed by atoms with Gasteiger partial charge in [0.2, 0.25) is 5.91 Å². The molecule has 0 spiro atoms. The maximum absolute atomic E-state index is 12.4.